The third-order valence-corrected chi connectivity index (χ3v) is 4.48. The van der Waals surface area contributed by atoms with E-state index in [-0.39, 0.29) is 0 Å². The SMILES string of the molecule is CSCCC(C)N(C)Cc1cc(CNCC(C)C)c(C)o1. The summed E-state index contributed by atoms with van der Waals surface area (Å²) in [5.74, 6) is 4.02. The molecular formula is C17H32N2OS. The number of rotatable bonds is 10. The zero-order chi connectivity index (χ0) is 15.8. The molecule has 0 fully saturated rings. The van der Waals surface area contributed by atoms with E-state index in [1.54, 1.807) is 0 Å². The first-order valence-electron chi connectivity index (χ1n) is 7.92. The molecule has 4 heteroatoms. The summed E-state index contributed by atoms with van der Waals surface area (Å²) in [6, 6.07) is 2.80. The van der Waals surface area contributed by atoms with Crippen molar-refractivity contribution in [1.29, 1.82) is 0 Å². The molecule has 1 rings (SSSR count). The van der Waals surface area contributed by atoms with E-state index in [1.165, 1.54) is 17.7 Å². The maximum atomic E-state index is 5.91. The van der Waals surface area contributed by atoms with Gasteiger partial charge in [0, 0.05) is 18.2 Å². The molecule has 1 unspecified atom stereocenters. The highest BCUT2D eigenvalue weighted by Crippen LogP contribution is 2.17. The average Bonchev–Trinajstić information content (AvgIpc) is 2.75. The predicted octanol–water partition coefficient (Wildman–Crippen LogP) is 3.91. The van der Waals surface area contributed by atoms with Crippen molar-refractivity contribution in [2.24, 2.45) is 5.92 Å². The smallest absolute Gasteiger partial charge is 0.118 e. The molecule has 0 saturated carbocycles. The van der Waals surface area contributed by atoms with Gasteiger partial charge in [-0.3, -0.25) is 4.90 Å². The quantitative estimate of drug-likeness (QED) is 0.709. The van der Waals surface area contributed by atoms with Crippen LogP contribution in [0.15, 0.2) is 10.5 Å². The van der Waals surface area contributed by atoms with Gasteiger partial charge < -0.3 is 9.73 Å². The van der Waals surface area contributed by atoms with Gasteiger partial charge in [0.15, 0.2) is 0 Å². The van der Waals surface area contributed by atoms with Crippen molar-refractivity contribution in [3.8, 4) is 0 Å². The van der Waals surface area contributed by atoms with Crippen LogP contribution in [0.3, 0.4) is 0 Å². The average molecular weight is 313 g/mol. The minimum atomic E-state index is 0.588. The third-order valence-electron chi connectivity index (χ3n) is 3.84. The van der Waals surface area contributed by atoms with Gasteiger partial charge in [-0.05, 0) is 57.9 Å². The van der Waals surface area contributed by atoms with E-state index in [0.29, 0.717) is 12.0 Å². The number of nitrogens with zero attached hydrogens (tertiary/aromatic N) is 1. The van der Waals surface area contributed by atoms with Gasteiger partial charge in [-0.2, -0.15) is 11.8 Å². The molecule has 0 radical (unpaired) electrons. The van der Waals surface area contributed by atoms with Gasteiger partial charge in [0.2, 0.25) is 0 Å². The molecule has 0 aromatic carbocycles. The first-order chi connectivity index (χ1) is 9.93. The van der Waals surface area contributed by atoms with Crippen molar-refractivity contribution in [1.82, 2.24) is 10.2 Å². The molecule has 0 bridgehead atoms. The molecule has 0 aliphatic rings. The van der Waals surface area contributed by atoms with Crippen molar-refractivity contribution in [2.75, 3.05) is 25.6 Å². The minimum absolute atomic E-state index is 0.588. The van der Waals surface area contributed by atoms with Gasteiger partial charge >= 0.3 is 0 Å². The molecule has 0 aliphatic carbocycles. The lowest BCUT2D eigenvalue weighted by atomic mass is 10.2. The largest absolute Gasteiger partial charge is 0.465 e. The first kappa shape index (κ1) is 18.6. The fourth-order valence-electron chi connectivity index (χ4n) is 2.25. The summed E-state index contributed by atoms with van der Waals surface area (Å²) >= 11 is 1.91. The predicted molar refractivity (Wildman–Crippen MR) is 93.9 cm³/mol. The molecule has 1 atom stereocenters. The molecular weight excluding hydrogens is 280 g/mol. The van der Waals surface area contributed by atoms with Crippen molar-refractivity contribution in [3.05, 3.63) is 23.2 Å². The Kier molecular flexibility index (Phi) is 8.45. The number of nitrogens with one attached hydrogen (secondary N) is 1. The van der Waals surface area contributed by atoms with Crippen LogP contribution in [0.25, 0.3) is 0 Å². The van der Waals surface area contributed by atoms with E-state index in [0.717, 1.165) is 31.2 Å². The summed E-state index contributed by atoms with van der Waals surface area (Å²) in [5.41, 5.74) is 1.29. The summed E-state index contributed by atoms with van der Waals surface area (Å²) in [6.07, 6.45) is 3.39. The van der Waals surface area contributed by atoms with Gasteiger partial charge in [-0.25, -0.2) is 0 Å². The van der Waals surface area contributed by atoms with Crippen LogP contribution in [-0.2, 0) is 13.1 Å². The zero-order valence-electron chi connectivity index (χ0n) is 14.5. The van der Waals surface area contributed by atoms with Crippen LogP contribution in [0.1, 0.15) is 44.3 Å². The van der Waals surface area contributed by atoms with Crippen LogP contribution in [0.5, 0.6) is 0 Å². The van der Waals surface area contributed by atoms with E-state index in [4.69, 9.17) is 4.42 Å². The maximum absolute atomic E-state index is 5.91. The Morgan fingerprint density at radius 2 is 2.05 bits per heavy atom. The van der Waals surface area contributed by atoms with Crippen LogP contribution in [-0.4, -0.2) is 36.5 Å². The Balaban J connectivity index is 2.48. The summed E-state index contributed by atoms with van der Waals surface area (Å²) in [7, 11) is 2.18. The normalized spacial score (nSPS) is 13.3. The molecule has 1 aromatic rings. The van der Waals surface area contributed by atoms with Crippen LogP contribution >= 0.6 is 11.8 Å². The Bertz CT molecular complexity index is 403. The van der Waals surface area contributed by atoms with Gasteiger partial charge in [0.1, 0.15) is 11.5 Å². The monoisotopic (exact) mass is 312 g/mol. The molecule has 0 aliphatic heterocycles. The molecule has 1 heterocycles. The van der Waals surface area contributed by atoms with E-state index in [1.807, 2.05) is 11.8 Å². The lowest BCUT2D eigenvalue weighted by Gasteiger charge is -2.23. The summed E-state index contributed by atoms with van der Waals surface area (Å²) in [6.45, 7) is 11.6. The van der Waals surface area contributed by atoms with E-state index >= 15 is 0 Å². The number of hydrogen-bond donors (Lipinski definition) is 1. The Hall–Kier alpha value is -0.450. The topological polar surface area (TPSA) is 28.4 Å². The second-order valence-corrected chi connectivity index (χ2v) is 7.35. The van der Waals surface area contributed by atoms with Crippen molar-refractivity contribution >= 4 is 11.8 Å². The van der Waals surface area contributed by atoms with Crippen LogP contribution in [0.2, 0.25) is 0 Å². The fraction of sp³-hybridized carbons (Fsp3) is 0.765. The van der Waals surface area contributed by atoms with Crippen molar-refractivity contribution in [3.63, 3.8) is 0 Å². The molecule has 21 heavy (non-hydrogen) atoms. The number of aryl methyl sites for hydroxylation is 1. The highest BCUT2D eigenvalue weighted by atomic mass is 32.2. The third kappa shape index (κ3) is 6.90. The second-order valence-electron chi connectivity index (χ2n) is 6.36. The summed E-state index contributed by atoms with van der Waals surface area (Å²) < 4.78 is 5.91. The number of hydrogen-bond acceptors (Lipinski definition) is 4. The van der Waals surface area contributed by atoms with E-state index < -0.39 is 0 Å². The molecule has 0 saturated heterocycles. The van der Waals surface area contributed by atoms with Crippen LogP contribution in [0.4, 0.5) is 0 Å². The van der Waals surface area contributed by atoms with Crippen LogP contribution in [0, 0.1) is 12.8 Å². The first-order valence-corrected chi connectivity index (χ1v) is 9.31. The van der Waals surface area contributed by atoms with Crippen LogP contribution < -0.4 is 5.32 Å². The van der Waals surface area contributed by atoms with Gasteiger partial charge in [0.05, 0.1) is 6.54 Å². The molecule has 1 aromatic heterocycles. The highest BCUT2D eigenvalue weighted by molar-refractivity contribution is 7.98. The van der Waals surface area contributed by atoms with Crippen molar-refractivity contribution in [2.45, 2.75) is 53.2 Å². The lowest BCUT2D eigenvalue weighted by molar-refractivity contribution is 0.225. The second kappa shape index (κ2) is 9.54. The number of thioether (sulfide) groups is 1. The zero-order valence-corrected chi connectivity index (χ0v) is 15.3. The molecule has 122 valence electrons. The lowest BCUT2D eigenvalue weighted by Crippen LogP contribution is -2.28. The van der Waals surface area contributed by atoms with Gasteiger partial charge in [0.25, 0.3) is 0 Å². The highest BCUT2D eigenvalue weighted by Gasteiger charge is 2.13. The minimum Gasteiger partial charge on any atom is -0.465 e. The van der Waals surface area contributed by atoms with Gasteiger partial charge in [-0.1, -0.05) is 13.8 Å². The Morgan fingerprint density at radius 1 is 1.33 bits per heavy atom. The molecule has 1 N–H and O–H groups in total. The molecule has 0 amide bonds. The summed E-state index contributed by atoms with van der Waals surface area (Å²) in [4.78, 5) is 2.37. The standard InChI is InChI=1S/C17H32N2OS/c1-13(2)10-18-11-16-9-17(20-15(16)4)12-19(5)14(3)7-8-21-6/h9,13-14,18H,7-8,10-12H2,1-6H3. The van der Waals surface area contributed by atoms with E-state index in [9.17, 15) is 0 Å². The van der Waals surface area contributed by atoms with Gasteiger partial charge in [-0.15, -0.1) is 0 Å². The van der Waals surface area contributed by atoms with Crippen molar-refractivity contribution < 1.29 is 4.42 Å². The fourth-order valence-corrected chi connectivity index (χ4v) is 2.82. The molecule has 0 spiro atoms. The molecule has 3 nitrogen and oxygen atoms in total. The number of furan rings is 1. The van der Waals surface area contributed by atoms with E-state index in [2.05, 4.69) is 57.3 Å². The Labute approximate surface area is 134 Å². The maximum Gasteiger partial charge on any atom is 0.118 e. The summed E-state index contributed by atoms with van der Waals surface area (Å²) in [5, 5.41) is 3.48. The Morgan fingerprint density at radius 3 is 2.67 bits per heavy atom.